The Hall–Kier alpha value is -6.56. The molecule has 0 unspecified atom stereocenters. The number of rotatable bonds is 0. The van der Waals surface area contributed by atoms with Crippen LogP contribution in [0.3, 0.4) is 0 Å². The molecule has 13 heteroatoms. The van der Waals surface area contributed by atoms with Gasteiger partial charge in [-0.2, -0.15) is 0 Å². The molecule has 12 nitrogen and oxygen atoms in total. The van der Waals surface area contributed by atoms with Gasteiger partial charge in [0.15, 0.2) is 0 Å². The molecule has 1 radical (unpaired) electrons. The molecule has 0 aliphatic heterocycles. The van der Waals surface area contributed by atoms with Gasteiger partial charge in [0.25, 0.3) is 0 Å². The molecule has 9 rings (SSSR count). The van der Waals surface area contributed by atoms with Gasteiger partial charge >= 0.3 is 0 Å². The fourth-order valence-electron chi connectivity index (χ4n) is 5.40. The number of carbonyl (C=O) groups is 6. The summed E-state index contributed by atoms with van der Waals surface area (Å²) in [5, 5.41) is 0. The van der Waals surface area contributed by atoms with Crippen LogP contribution in [0.25, 0.3) is 34.2 Å². The number of ketones is 6. The largest absolute Gasteiger partial charge is 0.285 e. The Morgan fingerprint density at radius 3 is 0.551 bits per heavy atom. The second kappa shape index (κ2) is 13.3. The number of aromatic nitrogens is 6. The second-order valence-electron chi connectivity index (χ2n) is 10.4. The van der Waals surface area contributed by atoms with E-state index in [0.29, 0.717) is 67.5 Å². The van der Waals surface area contributed by atoms with E-state index in [9.17, 15) is 28.8 Å². The minimum atomic E-state index is -0.511. The number of carbonyl (C=O) groups excluding carboxylic acids is 6. The molecule has 0 aromatic carbocycles. The Morgan fingerprint density at radius 2 is 0.408 bits per heavy atom. The number of fused-ring (bicyclic) bond motifs is 9. The third-order valence-electron chi connectivity index (χ3n) is 7.61. The van der Waals surface area contributed by atoms with Gasteiger partial charge in [0.2, 0.25) is 34.7 Å². The Kier molecular flexibility index (Phi) is 8.78. The molecular formula is C36H18MnN6O6. The first-order chi connectivity index (χ1) is 23.4. The summed E-state index contributed by atoms with van der Waals surface area (Å²) in [4.78, 5) is 95.2. The SMILES string of the molecule is O=C1C(=O)c2cccnc2-c2ncccc21.O=C1C(=O)c2cccnc2-c2ncccc21.O=C1C(=O)c2cccnc2-c2ncccc21.[Mn]. The van der Waals surface area contributed by atoms with Crippen molar-refractivity contribution in [2.45, 2.75) is 0 Å². The Balaban J connectivity index is 0.000000126. The first-order valence-electron chi connectivity index (χ1n) is 14.3. The minimum Gasteiger partial charge on any atom is -0.285 e. The molecule has 49 heavy (non-hydrogen) atoms. The molecule has 0 atom stereocenters. The van der Waals surface area contributed by atoms with Crippen LogP contribution in [0.1, 0.15) is 62.1 Å². The van der Waals surface area contributed by atoms with Crippen LogP contribution in [-0.2, 0) is 17.1 Å². The summed E-state index contributed by atoms with van der Waals surface area (Å²) in [5.74, 6) is -3.06. The van der Waals surface area contributed by atoms with Gasteiger partial charge in [-0.1, -0.05) is 0 Å². The van der Waals surface area contributed by atoms with Crippen molar-refractivity contribution < 1.29 is 45.8 Å². The molecule has 0 N–H and O–H groups in total. The van der Waals surface area contributed by atoms with Crippen molar-refractivity contribution >= 4 is 34.7 Å². The molecule has 0 amide bonds. The van der Waals surface area contributed by atoms with Crippen LogP contribution in [0, 0.1) is 0 Å². The minimum absolute atomic E-state index is 0. The van der Waals surface area contributed by atoms with Crippen molar-refractivity contribution in [2.75, 3.05) is 0 Å². The number of Topliss-reactive ketones (excluding diaryl/α,β-unsaturated/α-hetero) is 6. The molecule has 0 fully saturated rings. The van der Waals surface area contributed by atoms with Crippen molar-refractivity contribution in [1.29, 1.82) is 0 Å². The molecule has 0 saturated heterocycles. The monoisotopic (exact) mass is 685 g/mol. The van der Waals surface area contributed by atoms with E-state index in [4.69, 9.17) is 0 Å². The van der Waals surface area contributed by atoms with Crippen LogP contribution in [-0.4, -0.2) is 64.6 Å². The van der Waals surface area contributed by atoms with Crippen molar-refractivity contribution in [3.05, 3.63) is 143 Å². The number of hydrogen-bond acceptors (Lipinski definition) is 12. The maximum absolute atomic E-state index is 11.8. The van der Waals surface area contributed by atoms with Gasteiger partial charge in [0.1, 0.15) is 34.2 Å². The average Bonchev–Trinajstić information content (AvgIpc) is 3.15. The first kappa shape index (κ1) is 32.4. The van der Waals surface area contributed by atoms with Crippen molar-refractivity contribution in [3.63, 3.8) is 0 Å². The normalized spacial score (nSPS) is 13.0. The van der Waals surface area contributed by atoms with Crippen LogP contribution < -0.4 is 0 Å². The van der Waals surface area contributed by atoms with Gasteiger partial charge in [-0.05, 0) is 72.8 Å². The van der Waals surface area contributed by atoms with Gasteiger partial charge in [-0.15, -0.1) is 0 Å². The van der Waals surface area contributed by atoms with Crippen molar-refractivity contribution in [1.82, 2.24) is 29.9 Å². The molecule has 0 spiro atoms. The Labute approximate surface area is 287 Å². The number of nitrogens with zero attached hydrogens (tertiary/aromatic N) is 6. The molecule has 6 aromatic rings. The van der Waals surface area contributed by atoms with E-state index in [1.54, 1.807) is 110 Å². The molecule has 6 aromatic heterocycles. The van der Waals surface area contributed by atoms with Gasteiger partial charge in [-0.3, -0.25) is 58.7 Å². The fourth-order valence-corrected chi connectivity index (χ4v) is 5.40. The molecule has 3 aliphatic carbocycles. The van der Waals surface area contributed by atoms with Gasteiger partial charge < -0.3 is 0 Å². The van der Waals surface area contributed by atoms with Crippen LogP contribution in [0.2, 0.25) is 0 Å². The van der Waals surface area contributed by atoms with Gasteiger partial charge in [0, 0.05) is 54.2 Å². The molecule has 0 saturated carbocycles. The molecule has 0 bridgehead atoms. The van der Waals surface area contributed by atoms with Crippen LogP contribution >= 0.6 is 0 Å². The zero-order valence-electron chi connectivity index (χ0n) is 24.9. The summed E-state index contributed by atoms with van der Waals surface area (Å²) in [6, 6.07) is 19.4. The maximum atomic E-state index is 11.8. The van der Waals surface area contributed by atoms with Crippen molar-refractivity contribution in [3.8, 4) is 34.2 Å². The summed E-state index contributed by atoms with van der Waals surface area (Å²) in [7, 11) is 0. The van der Waals surface area contributed by atoms with E-state index in [-0.39, 0.29) is 17.1 Å². The predicted octanol–water partition coefficient (Wildman–Crippen LogP) is 4.57. The van der Waals surface area contributed by atoms with Gasteiger partial charge in [0.05, 0.1) is 33.4 Å². The predicted molar refractivity (Wildman–Crippen MR) is 168 cm³/mol. The second-order valence-corrected chi connectivity index (χ2v) is 10.4. The quantitative estimate of drug-likeness (QED) is 0.161. The topological polar surface area (TPSA) is 180 Å². The molecule has 3 aliphatic rings. The smallest absolute Gasteiger partial charge is 0.235 e. The summed E-state index contributed by atoms with van der Waals surface area (Å²) < 4.78 is 0. The van der Waals surface area contributed by atoms with E-state index < -0.39 is 34.7 Å². The third-order valence-corrected chi connectivity index (χ3v) is 7.61. The summed E-state index contributed by atoms with van der Waals surface area (Å²) in [6.07, 6.45) is 9.50. The Bertz CT molecular complexity index is 1960. The van der Waals surface area contributed by atoms with E-state index in [1.807, 2.05) is 0 Å². The molecular weight excluding hydrogens is 667 g/mol. The third kappa shape index (κ3) is 5.58. The standard InChI is InChI=1S/3C12H6N2O2.Mn/c3*15-11-7-3-1-5-13-9(7)10-8(12(11)16)4-2-6-14-10;/h3*1-6H;. The zero-order valence-corrected chi connectivity index (χ0v) is 26.1. The summed E-state index contributed by atoms with van der Waals surface area (Å²) in [5.41, 5.74) is 4.92. The zero-order chi connectivity index (χ0) is 33.4. The molecule has 6 heterocycles. The van der Waals surface area contributed by atoms with Crippen molar-refractivity contribution in [2.24, 2.45) is 0 Å². The number of hydrogen-bond donors (Lipinski definition) is 0. The summed E-state index contributed by atoms with van der Waals surface area (Å²) in [6.45, 7) is 0. The first-order valence-corrected chi connectivity index (χ1v) is 14.3. The van der Waals surface area contributed by atoms with Gasteiger partial charge in [-0.25, -0.2) is 0 Å². The maximum Gasteiger partial charge on any atom is 0.235 e. The summed E-state index contributed by atoms with van der Waals surface area (Å²) >= 11 is 0. The van der Waals surface area contributed by atoms with E-state index >= 15 is 0 Å². The molecule has 235 valence electrons. The van der Waals surface area contributed by atoms with Crippen LogP contribution in [0.5, 0.6) is 0 Å². The number of pyridine rings is 6. The average molecular weight is 686 g/mol. The van der Waals surface area contributed by atoms with E-state index in [0.717, 1.165) is 0 Å². The van der Waals surface area contributed by atoms with E-state index in [1.165, 1.54) is 0 Å². The van der Waals surface area contributed by atoms with Crippen LogP contribution in [0.15, 0.2) is 110 Å². The van der Waals surface area contributed by atoms with Crippen LogP contribution in [0.4, 0.5) is 0 Å². The Morgan fingerprint density at radius 1 is 0.265 bits per heavy atom. The van der Waals surface area contributed by atoms with E-state index in [2.05, 4.69) is 29.9 Å². The fraction of sp³-hybridized carbons (Fsp3) is 0.